The number of aliphatic hydroxyl groups is 1. The summed E-state index contributed by atoms with van der Waals surface area (Å²) >= 11 is 3.52. The molecule has 106 valence electrons. The van der Waals surface area contributed by atoms with Crippen LogP contribution in [0.5, 0.6) is 5.75 Å². The van der Waals surface area contributed by atoms with E-state index in [-0.39, 0.29) is 0 Å². The summed E-state index contributed by atoms with van der Waals surface area (Å²) in [4.78, 5) is 0. The van der Waals surface area contributed by atoms with Gasteiger partial charge in [0.05, 0.1) is 13.2 Å². The van der Waals surface area contributed by atoms with Gasteiger partial charge in [0.2, 0.25) is 0 Å². The summed E-state index contributed by atoms with van der Waals surface area (Å²) in [7, 11) is 1.65. The van der Waals surface area contributed by atoms with Crippen molar-refractivity contribution in [1.82, 2.24) is 0 Å². The minimum Gasteiger partial charge on any atom is -0.497 e. The molecule has 0 spiro atoms. The van der Waals surface area contributed by atoms with Gasteiger partial charge in [-0.1, -0.05) is 45.8 Å². The third-order valence-corrected chi connectivity index (χ3v) is 4.07. The minimum atomic E-state index is -0.402. The molecule has 0 amide bonds. The highest BCUT2D eigenvalue weighted by Crippen LogP contribution is 2.24. The van der Waals surface area contributed by atoms with Crippen LogP contribution in [0.3, 0.4) is 0 Å². The Morgan fingerprint density at radius 3 is 2.45 bits per heavy atom. The molecule has 0 saturated heterocycles. The number of hydrogen-bond acceptors (Lipinski definition) is 2. The van der Waals surface area contributed by atoms with Gasteiger partial charge in [0, 0.05) is 4.47 Å². The Hall–Kier alpha value is -1.32. The molecular weight excluding hydrogens is 316 g/mol. The topological polar surface area (TPSA) is 29.5 Å². The van der Waals surface area contributed by atoms with Crippen LogP contribution in [0.4, 0.5) is 0 Å². The summed E-state index contributed by atoms with van der Waals surface area (Å²) in [6.07, 6.45) is 0.858. The second-order valence-electron chi connectivity index (χ2n) is 5.01. The molecule has 0 aliphatic carbocycles. The third-order valence-electron chi connectivity index (χ3n) is 3.30. The Balaban J connectivity index is 2.04. The number of benzene rings is 2. The summed E-state index contributed by atoms with van der Waals surface area (Å²) in [5.74, 6) is 0.811. The number of aliphatic hydroxyl groups excluding tert-OH is 1. The van der Waals surface area contributed by atoms with Gasteiger partial charge in [-0.15, -0.1) is 0 Å². The summed E-state index contributed by atoms with van der Waals surface area (Å²) in [6.45, 7) is 2.06. The van der Waals surface area contributed by atoms with E-state index in [2.05, 4.69) is 47.1 Å². The zero-order chi connectivity index (χ0) is 14.5. The van der Waals surface area contributed by atoms with E-state index in [0.29, 0.717) is 12.8 Å². The normalized spacial score (nSPS) is 12.2. The maximum Gasteiger partial charge on any atom is 0.119 e. The minimum absolute atomic E-state index is 0.402. The molecule has 0 radical (unpaired) electrons. The first-order valence-electron chi connectivity index (χ1n) is 6.64. The molecule has 2 aromatic carbocycles. The first-order chi connectivity index (χ1) is 9.58. The Kier molecular flexibility index (Phi) is 5.21. The van der Waals surface area contributed by atoms with Crippen LogP contribution in [-0.2, 0) is 12.8 Å². The Morgan fingerprint density at radius 1 is 1.10 bits per heavy atom. The predicted octanol–water partition coefficient (Wildman–Crippen LogP) is 3.91. The van der Waals surface area contributed by atoms with Gasteiger partial charge in [-0.3, -0.25) is 0 Å². The molecule has 2 rings (SSSR count). The van der Waals surface area contributed by atoms with Gasteiger partial charge in [-0.25, -0.2) is 0 Å². The smallest absolute Gasteiger partial charge is 0.119 e. The van der Waals surface area contributed by atoms with Crippen molar-refractivity contribution >= 4 is 15.9 Å². The predicted molar refractivity (Wildman–Crippen MR) is 85.3 cm³/mol. The lowest BCUT2D eigenvalue weighted by Gasteiger charge is -2.13. The van der Waals surface area contributed by atoms with E-state index in [0.717, 1.165) is 21.3 Å². The molecule has 0 aliphatic heterocycles. The third kappa shape index (κ3) is 4.09. The Bertz CT molecular complexity index is 564. The van der Waals surface area contributed by atoms with Crippen LogP contribution in [0.25, 0.3) is 0 Å². The highest BCUT2D eigenvalue weighted by Gasteiger charge is 2.10. The molecule has 2 nitrogen and oxygen atoms in total. The van der Waals surface area contributed by atoms with E-state index in [9.17, 15) is 5.11 Å². The van der Waals surface area contributed by atoms with Gasteiger partial charge in [0.15, 0.2) is 0 Å². The zero-order valence-electron chi connectivity index (χ0n) is 11.8. The summed E-state index contributed by atoms with van der Waals surface area (Å²) in [5, 5.41) is 10.3. The van der Waals surface area contributed by atoms with Crippen LogP contribution in [0.2, 0.25) is 0 Å². The second kappa shape index (κ2) is 6.91. The molecule has 1 atom stereocenters. The quantitative estimate of drug-likeness (QED) is 0.898. The molecular formula is C17H19BrO2. The van der Waals surface area contributed by atoms with Crippen molar-refractivity contribution in [3.05, 3.63) is 63.6 Å². The molecule has 0 heterocycles. The van der Waals surface area contributed by atoms with Crippen LogP contribution in [0, 0.1) is 6.92 Å². The highest BCUT2D eigenvalue weighted by atomic mass is 79.9. The van der Waals surface area contributed by atoms with Crippen molar-refractivity contribution in [2.75, 3.05) is 7.11 Å². The number of hydrogen-bond donors (Lipinski definition) is 1. The second-order valence-corrected chi connectivity index (χ2v) is 5.86. The average Bonchev–Trinajstić information content (AvgIpc) is 2.44. The van der Waals surface area contributed by atoms with Crippen LogP contribution in [-0.4, -0.2) is 18.3 Å². The van der Waals surface area contributed by atoms with E-state index >= 15 is 0 Å². The van der Waals surface area contributed by atoms with E-state index in [4.69, 9.17) is 4.74 Å². The summed E-state index contributed by atoms with van der Waals surface area (Å²) in [5.41, 5.74) is 3.45. The van der Waals surface area contributed by atoms with Crippen LogP contribution in [0.15, 0.2) is 46.9 Å². The fourth-order valence-corrected chi connectivity index (χ4v) is 2.57. The molecule has 3 heteroatoms. The fraction of sp³-hybridized carbons (Fsp3) is 0.294. The first kappa shape index (κ1) is 15.1. The van der Waals surface area contributed by atoms with Crippen LogP contribution in [0.1, 0.15) is 16.7 Å². The number of ether oxygens (including phenoxy) is 1. The molecule has 0 fully saturated rings. The lowest BCUT2D eigenvalue weighted by atomic mass is 10.0. The fourth-order valence-electron chi connectivity index (χ4n) is 2.16. The van der Waals surface area contributed by atoms with E-state index < -0.39 is 6.10 Å². The molecule has 1 N–H and O–H groups in total. The molecule has 2 aromatic rings. The van der Waals surface area contributed by atoms with Gasteiger partial charge in [-0.2, -0.15) is 0 Å². The number of aryl methyl sites for hydroxylation is 1. The van der Waals surface area contributed by atoms with Gasteiger partial charge in [-0.05, 0) is 49.1 Å². The van der Waals surface area contributed by atoms with Crippen molar-refractivity contribution < 1.29 is 9.84 Å². The highest BCUT2D eigenvalue weighted by molar-refractivity contribution is 9.10. The van der Waals surface area contributed by atoms with E-state index in [1.165, 1.54) is 5.56 Å². The van der Waals surface area contributed by atoms with Gasteiger partial charge >= 0.3 is 0 Å². The standard InChI is InChI=1S/C17H19BrO2/c1-12-3-5-13(6-4-12)9-15(19)10-14-11-16(20-2)7-8-17(14)18/h3-8,11,15,19H,9-10H2,1-2H3. The molecule has 20 heavy (non-hydrogen) atoms. The molecule has 0 saturated carbocycles. The largest absolute Gasteiger partial charge is 0.497 e. The van der Waals surface area contributed by atoms with Crippen LogP contribution >= 0.6 is 15.9 Å². The van der Waals surface area contributed by atoms with Crippen molar-refractivity contribution in [1.29, 1.82) is 0 Å². The summed E-state index contributed by atoms with van der Waals surface area (Å²) < 4.78 is 6.22. The Morgan fingerprint density at radius 2 is 1.80 bits per heavy atom. The van der Waals surface area contributed by atoms with Crippen molar-refractivity contribution in [2.24, 2.45) is 0 Å². The lowest BCUT2D eigenvalue weighted by molar-refractivity contribution is 0.175. The van der Waals surface area contributed by atoms with Crippen molar-refractivity contribution in [3.63, 3.8) is 0 Å². The zero-order valence-corrected chi connectivity index (χ0v) is 13.4. The maximum absolute atomic E-state index is 10.3. The molecule has 1 unspecified atom stereocenters. The number of halogens is 1. The molecule has 0 aliphatic rings. The maximum atomic E-state index is 10.3. The average molecular weight is 335 g/mol. The van der Waals surface area contributed by atoms with Gasteiger partial charge in [0.1, 0.15) is 5.75 Å². The van der Waals surface area contributed by atoms with E-state index in [1.54, 1.807) is 7.11 Å². The van der Waals surface area contributed by atoms with E-state index in [1.807, 2.05) is 18.2 Å². The van der Waals surface area contributed by atoms with Gasteiger partial charge < -0.3 is 9.84 Å². The first-order valence-corrected chi connectivity index (χ1v) is 7.44. The Labute approximate surface area is 128 Å². The lowest BCUT2D eigenvalue weighted by Crippen LogP contribution is -2.14. The monoisotopic (exact) mass is 334 g/mol. The van der Waals surface area contributed by atoms with Crippen molar-refractivity contribution in [3.8, 4) is 5.75 Å². The number of methoxy groups -OCH3 is 1. The molecule has 0 aromatic heterocycles. The molecule has 0 bridgehead atoms. The number of rotatable bonds is 5. The van der Waals surface area contributed by atoms with Crippen molar-refractivity contribution in [2.45, 2.75) is 25.9 Å². The van der Waals surface area contributed by atoms with Crippen LogP contribution < -0.4 is 4.74 Å². The van der Waals surface area contributed by atoms with Gasteiger partial charge in [0.25, 0.3) is 0 Å². The SMILES string of the molecule is COc1ccc(Br)c(CC(O)Cc2ccc(C)cc2)c1. The summed E-state index contributed by atoms with van der Waals surface area (Å²) in [6, 6.07) is 14.1.